The summed E-state index contributed by atoms with van der Waals surface area (Å²) in [5.74, 6) is 1.23. The van der Waals surface area contributed by atoms with Gasteiger partial charge in [-0.05, 0) is 30.0 Å². The van der Waals surface area contributed by atoms with Crippen molar-refractivity contribution in [1.82, 2.24) is 10.2 Å². The maximum absolute atomic E-state index is 12.6. The standard InChI is InChI=1S/C19H28N2O3/c1-13(2)9-10-20-19(23)18-12-21(14(3)22)11-17(18)15-5-7-16(24-4)8-6-15/h5-8,13,17-18H,9-12H2,1-4H3,(H,20,23). The quantitative estimate of drug-likeness (QED) is 0.870. The lowest BCUT2D eigenvalue weighted by molar-refractivity contribution is -0.128. The number of methoxy groups -OCH3 is 1. The lowest BCUT2D eigenvalue weighted by atomic mass is 9.88. The fourth-order valence-electron chi connectivity index (χ4n) is 3.13. The number of amides is 2. The third-order valence-corrected chi connectivity index (χ3v) is 4.67. The molecule has 1 aliphatic rings. The van der Waals surface area contributed by atoms with E-state index in [0.717, 1.165) is 17.7 Å². The molecule has 5 heteroatoms. The molecule has 0 saturated carbocycles. The zero-order valence-corrected chi connectivity index (χ0v) is 15.0. The number of hydrogen-bond donors (Lipinski definition) is 1. The highest BCUT2D eigenvalue weighted by molar-refractivity contribution is 5.82. The number of carbonyl (C=O) groups excluding carboxylic acids is 2. The maximum atomic E-state index is 12.6. The van der Waals surface area contributed by atoms with Crippen molar-refractivity contribution in [3.05, 3.63) is 29.8 Å². The van der Waals surface area contributed by atoms with Crippen LogP contribution in [0.25, 0.3) is 0 Å². The first-order chi connectivity index (χ1) is 11.4. The van der Waals surface area contributed by atoms with E-state index in [9.17, 15) is 9.59 Å². The Bertz CT molecular complexity index is 568. The van der Waals surface area contributed by atoms with Crippen LogP contribution in [0, 0.1) is 11.8 Å². The van der Waals surface area contributed by atoms with Crippen molar-refractivity contribution in [2.24, 2.45) is 11.8 Å². The monoisotopic (exact) mass is 332 g/mol. The van der Waals surface area contributed by atoms with Gasteiger partial charge in [0.1, 0.15) is 5.75 Å². The Hall–Kier alpha value is -2.04. The zero-order chi connectivity index (χ0) is 17.7. The second-order valence-corrected chi connectivity index (χ2v) is 6.88. The predicted octanol–water partition coefficient (Wildman–Crippen LogP) is 2.42. The Morgan fingerprint density at radius 2 is 1.92 bits per heavy atom. The van der Waals surface area contributed by atoms with Crippen LogP contribution < -0.4 is 10.1 Å². The number of nitrogens with zero attached hydrogens (tertiary/aromatic N) is 1. The van der Waals surface area contributed by atoms with E-state index in [4.69, 9.17) is 4.74 Å². The summed E-state index contributed by atoms with van der Waals surface area (Å²) in [6.07, 6.45) is 0.960. The summed E-state index contributed by atoms with van der Waals surface area (Å²) in [6.45, 7) is 7.59. The van der Waals surface area contributed by atoms with Crippen molar-refractivity contribution in [2.75, 3.05) is 26.7 Å². The van der Waals surface area contributed by atoms with Crippen molar-refractivity contribution < 1.29 is 14.3 Å². The number of nitrogens with one attached hydrogen (secondary N) is 1. The summed E-state index contributed by atoms with van der Waals surface area (Å²) < 4.78 is 5.20. The largest absolute Gasteiger partial charge is 0.497 e. The maximum Gasteiger partial charge on any atom is 0.225 e. The van der Waals surface area contributed by atoms with Crippen molar-refractivity contribution in [2.45, 2.75) is 33.1 Å². The summed E-state index contributed by atoms with van der Waals surface area (Å²) >= 11 is 0. The molecule has 0 radical (unpaired) electrons. The molecule has 2 rings (SSSR count). The topological polar surface area (TPSA) is 58.6 Å². The zero-order valence-electron chi connectivity index (χ0n) is 15.0. The lowest BCUT2D eigenvalue weighted by Crippen LogP contribution is -2.36. The molecule has 0 spiro atoms. The van der Waals surface area contributed by atoms with E-state index in [-0.39, 0.29) is 23.7 Å². The third-order valence-electron chi connectivity index (χ3n) is 4.67. The minimum absolute atomic E-state index is 0.0194. The highest BCUT2D eigenvalue weighted by Crippen LogP contribution is 2.33. The van der Waals surface area contributed by atoms with Gasteiger partial charge in [0, 0.05) is 32.5 Å². The molecule has 0 aromatic heterocycles. The van der Waals surface area contributed by atoms with Crippen molar-refractivity contribution in [3.8, 4) is 5.75 Å². The van der Waals surface area contributed by atoms with Crippen LogP contribution in [0.2, 0.25) is 0 Å². The van der Waals surface area contributed by atoms with Gasteiger partial charge in [0.25, 0.3) is 0 Å². The Balaban J connectivity index is 2.12. The highest BCUT2D eigenvalue weighted by atomic mass is 16.5. The van der Waals surface area contributed by atoms with E-state index in [0.29, 0.717) is 25.6 Å². The van der Waals surface area contributed by atoms with E-state index in [2.05, 4.69) is 19.2 Å². The van der Waals surface area contributed by atoms with E-state index in [1.54, 1.807) is 18.9 Å². The number of carbonyl (C=O) groups is 2. The van der Waals surface area contributed by atoms with Gasteiger partial charge in [0.2, 0.25) is 11.8 Å². The molecular formula is C19H28N2O3. The molecule has 1 aliphatic heterocycles. The van der Waals surface area contributed by atoms with E-state index >= 15 is 0 Å². The molecule has 1 aromatic rings. The first-order valence-electron chi connectivity index (χ1n) is 8.59. The van der Waals surface area contributed by atoms with Crippen molar-refractivity contribution in [1.29, 1.82) is 0 Å². The molecular weight excluding hydrogens is 304 g/mol. The van der Waals surface area contributed by atoms with Crippen LogP contribution >= 0.6 is 0 Å². The second-order valence-electron chi connectivity index (χ2n) is 6.88. The van der Waals surface area contributed by atoms with Gasteiger partial charge in [-0.1, -0.05) is 26.0 Å². The van der Waals surface area contributed by atoms with Gasteiger partial charge in [-0.3, -0.25) is 9.59 Å². The molecule has 1 N–H and O–H groups in total. The minimum Gasteiger partial charge on any atom is -0.497 e. The fraction of sp³-hybridized carbons (Fsp3) is 0.579. The normalized spacial score (nSPS) is 20.3. The van der Waals surface area contributed by atoms with Gasteiger partial charge in [-0.25, -0.2) is 0 Å². The van der Waals surface area contributed by atoms with Gasteiger partial charge < -0.3 is 15.0 Å². The Morgan fingerprint density at radius 3 is 2.46 bits per heavy atom. The smallest absolute Gasteiger partial charge is 0.225 e. The SMILES string of the molecule is COc1ccc(C2CN(C(C)=O)CC2C(=O)NCCC(C)C)cc1. The number of rotatable bonds is 6. The van der Waals surface area contributed by atoms with Crippen LogP contribution in [-0.2, 0) is 9.59 Å². The molecule has 132 valence electrons. The summed E-state index contributed by atoms with van der Waals surface area (Å²) in [5.41, 5.74) is 1.07. The number of likely N-dealkylation sites (tertiary alicyclic amines) is 1. The average Bonchev–Trinajstić information content (AvgIpc) is 3.00. The number of ether oxygens (including phenoxy) is 1. The fourth-order valence-corrected chi connectivity index (χ4v) is 3.13. The third kappa shape index (κ3) is 4.49. The van der Waals surface area contributed by atoms with Crippen molar-refractivity contribution in [3.63, 3.8) is 0 Å². The molecule has 1 saturated heterocycles. The lowest BCUT2D eigenvalue weighted by Gasteiger charge is -2.18. The predicted molar refractivity (Wildman–Crippen MR) is 93.9 cm³/mol. The van der Waals surface area contributed by atoms with Crippen LogP contribution in [0.15, 0.2) is 24.3 Å². The summed E-state index contributed by atoms with van der Waals surface area (Å²) in [4.78, 5) is 26.2. The number of benzene rings is 1. The average molecular weight is 332 g/mol. The first kappa shape index (κ1) is 18.3. The van der Waals surface area contributed by atoms with E-state index in [1.165, 1.54) is 0 Å². The number of hydrogen-bond acceptors (Lipinski definition) is 3. The van der Waals surface area contributed by atoms with Gasteiger partial charge in [-0.2, -0.15) is 0 Å². The Morgan fingerprint density at radius 1 is 1.25 bits per heavy atom. The minimum atomic E-state index is -0.200. The van der Waals surface area contributed by atoms with Gasteiger partial charge in [-0.15, -0.1) is 0 Å². The molecule has 2 atom stereocenters. The second kappa shape index (κ2) is 8.18. The molecule has 2 amide bonds. The van der Waals surface area contributed by atoms with Crippen LogP contribution in [0.4, 0.5) is 0 Å². The van der Waals surface area contributed by atoms with Crippen molar-refractivity contribution >= 4 is 11.8 Å². The molecule has 5 nitrogen and oxygen atoms in total. The van der Waals surface area contributed by atoms with Gasteiger partial charge in [0.15, 0.2) is 0 Å². The van der Waals surface area contributed by atoms with Crippen LogP contribution in [0.1, 0.15) is 38.7 Å². The molecule has 1 fully saturated rings. The highest BCUT2D eigenvalue weighted by Gasteiger charge is 2.39. The van der Waals surface area contributed by atoms with Crippen LogP contribution in [0.5, 0.6) is 5.75 Å². The molecule has 24 heavy (non-hydrogen) atoms. The van der Waals surface area contributed by atoms with Crippen LogP contribution in [0.3, 0.4) is 0 Å². The molecule has 2 unspecified atom stereocenters. The first-order valence-corrected chi connectivity index (χ1v) is 8.59. The molecule has 1 heterocycles. The molecule has 1 aromatic carbocycles. The molecule has 0 aliphatic carbocycles. The summed E-state index contributed by atoms with van der Waals surface area (Å²) in [6, 6.07) is 7.78. The van der Waals surface area contributed by atoms with E-state index < -0.39 is 0 Å². The summed E-state index contributed by atoms with van der Waals surface area (Å²) in [5, 5.41) is 3.04. The van der Waals surface area contributed by atoms with Crippen LogP contribution in [-0.4, -0.2) is 43.5 Å². The summed E-state index contributed by atoms with van der Waals surface area (Å²) in [7, 11) is 1.63. The molecule has 0 bridgehead atoms. The van der Waals surface area contributed by atoms with E-state index in [1.807, 2.05) is 24.3 Å². The van der Waals surface area contributed by atoms with Gasteiger partial charge >= 0.3 is 0 Å². The Kier molecular flexibility index (Phi) is 6.23. The van der Waals surface area contributed by atoms with Gasteiger partial charge in [0.05, 0.1) is 13.0 Å². The Labute approximate surface area is 144 Å².